The van der Waals surface area contributed by atoms with Crippen molar-refractivity contribution in [1.82, 2.24) is 14.7 Å². The lowest BCUT2D eigenvalue weighted by molar-refractivity contribution is -0.134. The van der Waals surface area contributed by atoms with Crippen molar-refractivity contribution >= 4 is 22.8 Å². The molecule has 27 heavy (non-hydrogen) atoms. The van der Waals surface area contributed by atoms with E-state index < -0.39 is 0 Å². The van der Waals surface area contributed by atoms with Crippen LogP contribution in [0.15, 0.2) is 28.7 Å². The minimum atomic E-state index is -0.0935. The molecule has 0 bridgehead atoms. The van der Waals surface area contributed by atoms with Crippen LogP contribution in [-0.4, -0.2) is 85.5 Å². The Morgan fingerprint density at radius 2 is 1.63 bits per heavy atom. The van der Waals surface area contributed by atoms with E-state index in [1.54, 1.807) is 4.90 Å². The molecule has 0 radical (unpaired) electrons. The number of carbonyl (C=O) groups is 2. The summed E-state index contributed by atoms with van der Waals surface area (Å²) in [5, 5.41) is 0.972. The van der Waals surface area contributed by atoms with Gasteiger partial charge < -0.3 is 19.0 Å². The fourth-order valence-corrected chi connectivity index (χ4v) is 3.73. The highest BCUT2D eigenvalue weighted by atomic mass is 16.5. The second-order valence-corrected chi connectivity index (χ2v) is 7.11. The SMILES string of the molecule is Cc1c(C(=O)N2CCN(C(=O)CN3CCOCC3)CC2)oc2ccccc12. The third-order valence-corrected chi connectivity index (χ3v) is 5.42. The summed E-state index contributed by atoms with van der Waals surface area (Å²) in [6, 6.07) is 7.69. The molecule has 2 aliphatic heterocycles. The molecule has 3 heterocycles. The Hall–Kier alpha value is -2.38. The quantitative estimate of drug-likeness (QED) is 0.815. The lowest BCUT2D eigenvalue weighted by Crippen LogP contribution is -2.53. The van der Waals surface area contributed by atoms with Crippen LogP contribution < -0.4 is 0 Å². The standard InChI is InChI=1S/C20H25N3O4/c1-15-16-4-2-3-5-17(16)27-19(15)20(25)23-8-6-22(7-9-23)18(24)14-21-10-12-26-13-11-21/h2-5H,6-14H2,1H3. The number of amides is 2. The molecule has 144 valence electrons. The number of rotatable bonds is 3. The summed E-state index contributed by atoms with van der Waals surface area (Å²) in [6.45, 7) is 7.52. The summed E-state index contributed by atoms with van der Waals surface area (Å²) in [5.41, 5.74) is 1.61. The number of aryl methyl sites for hydroxylation is 1. The molecule has 2 amide bonds. The van der Waals surface area contributed by atoms with Gasteiger partial charge in [0.25, 0.3) is 5.91 Å². The number of fused-ring (bicyclic) bond motifs is 1. The van der Waals surface area contributed by atoms with Crippen molar-refractivity contribution in [3.8, 4) is 0 Å². The van der Waals surface area contributed by atoms with Gasteiger partial charge >= 0.3 is 0 Å². The smallest absolute Gasteiger partial charge is 0.290 e. The summed E-state index contributed by atoms with van der Waals surface area (Å²) in [4.78, 5) is 31.2. The monoisotopic (exact) mass is 371 g/mol. The fraction of sp³-hybridized carbons (Fsp3) is 0.500. The number of carbonyl (C=O) groups excluding carboxylic acids is 2. The van der Waals surface area contributed by atoms with Gasteiger partial charge in [-0.1, -0.05) is 18.2 Å². The van der Waals surface area contributed by atoms with Crippen LogP contribution in [0.2, 0.25) is 0 Å². The maximum absolute atomic E-state index is 12.9. The van der Waals surface area contributed by atoms with E-state index >= 15 is 0 Å². The number of para-hydroxylation sites is 1. The van der Waals surface area contributed by atoms with Crippen molar-refractivity contribution in [1.29, 1.82) is 0 Å². The van der Waals surface area contributed by atoms with Gasteiger partial charge in [0.2, 0.25) is 5.91 Å². The highest BCUT2D eigenvalue weighted by molar-refractivity contribution is 5.99. The Balaban J connectivity index is 1.36. The summed E-state index contributed by atoms with van der Waals surface area (Å²) in [5.74, 6) is 0.442. The van der Waals surface area contributed by atoms with Gasteiger partial charge in [-0.15, -0.1) is 0 Å². The van der Waals surface area contributed by atoms with Gasteiger partial charge in [0, 0.05) is 50.2 Å². The maximum atomic E-state index is 12.9. The van der Waals surface area contributed by atoms with Crippen LogP contribution in [0.25, 0.3) is 11.0 Å². The fourth-order valence-electron chi connectivity index (χ4n) is 3.73. The molecule has 1 aromatic heterocycles. The first-order valence-corrected chi connectivity index (χ1v) is 9.49. The molecule has 2 aromatic rings. The Bertz CT molecular complexity index is 833. The van der Waals surface area contributed by atoms with Gasteiger partial charge in [-0.2, -0.15) is 0 Å². The lowest BCUT2D eigenvalue weighted by atomic mass is 10.1. The van der Waals surface area contributed by atoms with Crippen molar-refractivity contribution in [3.05, 3.63) is 35.6 Å². The minimum absolute atomic E-state index is 0.0935. The molecule has 7 heteroatoms. The first-order valence-electron chi connectivity index (χ1n) is 9.49. The number of piperazine rings is 1. The van der Waals surface area contributed by atoms with E-state index in [-0.39, 0.29) is 11.8 Å². The Labute approximate surface area is 158 Å². The zero-order chi connectivity index (χ0) is 18.8. The summed E-state index contributed by atoms with van der Waals surface area (Å²) in [6.07, 6.45) is 0. The molecule has 1 aromatic carbocycles. The second kappa shape index (κ2) is 7.70. The molecule has 0 N–H and O–H groups in total. The van der Waals surface area contributed by atoms with Crippen LogP contribution in [0.3, 0.4) is 0 Å². The summed E-state index contributed by atoms with van der Waals surface area (Å²) >= 11 is 0. The molecular weight excluding hydrogens is 346 g/mol. The van der Waals surface area contributed by atoms with E-state index in [9.17, 15) is 9.59 Å². The third kappa shape index (κ3) is 3.70. The Morgan fingerprint density at radius 3 is 2.33 bits per heavy atom. The molecule has 0 saturated carbocycles. The van der Waals surface area contributed by atoms with Crippen molar-refractivity contribution in [2.45, 2.75) is 6.92 Å². The first-order chi connectivity index (χ1) is 13.1. The molecule has 2 saturated heterocycles. The summed E-state index contributed by atoms with van der Waals surface area (Å²) < 4.78 is 11.1. The van der Waals surface area contributed by atoms with Crippen LogP contribution in [0.1, 0.15) is 16.1 Å². The van der Waals surface area contributed by atoms with E-state index in [4.69, 9.17) is 9.15 Å². The highest BCUT2D eigenvalue weighted by Gasteiger charge is 2.29. The second-order valence-electron chi connectivity index (χ2n) is 7.11. The first kappa shape index (κ1) is 18.0. The van der Waals surface area contributed by atoms with Crippen LogP contribution in [0, 0.1) is 6.92 Å². The van der Waals surface area contributed by atoms with Gasteiger partial charge in [-0.05, 0) is 13.0 Å². The van der Waals surface area contributed by atoms with E-state index in [0.29, 0.717) is 51.7 Å². The van der Waals surface area contributed by atoms with Crippen LogP contribution in [0.5, 0.6) is 0 Å². The molecular formula is C20H25N3O4. The number of nitrogens with zero attached hydrogens (tertiary/aromatic N) is 3. The molecule has 0 unspecified atom stereocenters. The average Bonchev–Trinajstić information content (AvgIpc) is 3.05. The molecule has 2 fully saturated rings. The third-order valence-electron chi connectivity index (χ3n) is 5.42. The number of ether oxygens (including phenoxy) is 1. The number of morpholine rings is 1. The number of hydrogen-bond donors (Lipinski definition) is 0. The maximum Gasteiger partial charge on any atom is 0.290 e. The van der Waals surface area contributed by atoms with Crippen LogP contribution in [0.4, 0.5) is 0 Å². The number of furan rings is 1. The van der Waals surface area contributed by atoms with Crippen molar-refractivity contribution in [2.75, 3.05) is 59.0 Å². The molecule has 2 aliphatic rings. The lowest BCUT2D eigenvalue weighted by Gasteiger charge is -2.36. The van der Waals surface area contributed by atoms with E-state index in [1.807, 2.05) is 36.1 Å². The minimum Gasteiger partial charge on any atom is -0.451 e. The molecule has 0 spiro atoms. The normalized spacial score (nSPS) is 18.9. The predicted molar refractivity (Wildman–Crippen MR) is 101 cm³/mol. The van der Waals surface area contributed by atoms with E-state index in [0.717, 1.165) is 29.6 Å². The van der Waals surface area contributed by atoms with Crippen LogP contribution >= 0.6 is 0 Å². The average molecular weight is 371 g/mol. The van der Waals surface area contributed by atoms with E-state index in [2.05, 4.69) is 4.90 Å². The van der Waals surface area contributed by atoms with Crippen LogP contribution in [-0.2, 0) is 9.53 Å². The topological polar surface area (TPSA) is 66.2 Å². The Morgan fingerprint density at radius 1 is 0.963 bits per heavy atom. The predicted octanol–water partition coefficient (Wildman–Crippen LogP) is 1.36. The largest absolute Gasteiger partial charge is 0.451 e. The van der Waals surface area contributed by atoms with Crippen molar-refractivity contribution in [2.24, 2.45) is 0 Å². The Kier molecular flexibility index (Phi) is 5.13. The van der Waals surface area contributed by atoms with Crippen molar-refractivity contribution in [3.63, 3.8) is 0 Å². The van der Waals surface area contributed by atoms with Gasteiger partial charge in [0.05, 0.1) is 19.8 Å². The molecule has 4 rings (SSSR count). The summed E-state index contributed by atoms with van der Waals surface area (Å²) in [7, 11) is 0. The van der Waals surface area contributed by atoms with Gasteiger partial charge in [0.15, 0.2) is 5.76 Å². The van der Waals surface area contributed by atoms with E-state index in [1.165, 1.54) is 0 Å². The van der Waals surface area contributed by atoms with Crippen molar-refractivity contribution < 1.29 is 18.7 Å². The number of benzene rings is 1. The molecule has 0 atom stereocenters. The van der Waals surface area contributed by atoms with Gasteiger partial charge in [-0.3, -0.25) is 14.5 Å². The number of hydrogen-bond acceptors (Lipinski definition) is 5. The molecule has 7 nitrogen and oxygen atoms in total. The highest BCUT2D eigenvalue weighted by Crippen LogP contribution is 2.26. The zero-order valence-electron chi connectivity index (χ0n) is 15.6. The molecule has 0 aliphatic carbocycles. The zero-order valence-corrected chi connectivity index (χ0v) is 15.6. The van der Waals surface area contributed by atoms with Gasteiger partial charge in [0.1, 0.15) is 5.58 Å². The van der Waals surface area contributed by atoms with Gasteiger partial charge in [-0.25, -0.2) is 0 Å².